The molecule has 1 saturated heterocycles. The van der Waals surface area contributed by atoms with Crippen molar-refractivity contribution in [3.63, 3.8) is 0 Å². The lowest BCUT2D eigenvalue weighted by atomic mass is 10.0. The Balaban J connectivity index is 1.10. The largest absolute Gasteiger partial charge is 0.353 e. The van der Waals surface area contributed by atoms with E-state index in [2.05, 4.69) is 38.3 Å². The van der Waals surface area contributed by atoms with Crippen molar-refractivity contribution in [2.24, 2.45) is 0 Å². The van der Waals surface area contributed by atoms with Gasteiger partial charge in [0.1, 0.15) is 5.82 Å². The predicted octanol–water partition coefficient (Wildman–Crippen LogP) is 5.50. The van der Waals surface area contributed by atoms with E-state index < -0.39 is 0 Å². The van der Waals surface area contributed by atoms with Crippen molar-refractivity contribution < 1.29 is 4.79 Å². The van der Waals surface area contributed by atoms with Gasteiger partial charge < -0.3 is 10.2 Å². The van der Waals surface area contributed by atoms with E-state index in [1.165, 1.54) is 5.56 Å². The Morgan fingerprint density at radius 3 is 2.40 bits per heavy atom. The number of anilines is 2. The van der Waals surface area contributed by atoms with E-state index in [1.54, 1.807) is 0 Å². The van der Waals surface area contributed by atoms with Gasteiger partial charge in [-0.2, -0.15) is 0 Å². The fourth-order valence-corrected chi connectivity index (χ4v) is 5.18. The molecule has 0 radical (unpaired) electrons. The third-order valence-corrected chi connectivity index (χ3v) is 7.30. The highest BCUT2D eigenvalue weighted by molar-refractivity contribution is 5.92. The normalized spacial score (nSPS) is 13.9. The maximum Gasteiger partial charge on any atom is 0.228 e. The first-order valence-electron chi connectivity index (χ1n) is 13.7. The summed E-state index contributed by atoms with van der Waals surface area (Å²) in [5.74, 6) is 0.891. The number of aromatic nitrogens is 3. The van der Waals surface area contributed by atoms with E-state index in [9.17, 15) is 4.79 Å². The second-order valence-electron chi connectivity index (χ2n) is 10.3. The molecule has 0 spiro atoms. The summed E-state index contributed by atoms with van der Waals surface area (Å²) >= 11 is 0. The minimum absolute atomic E-state index is 0.0234. The van der Waals surface area contributed by atoms with Gasteiger partial charge in [0.2, 0.25) is 5.91 Å². The minimum atomic E-state index is -0.0234. The Kier molecular flexibility index (Phi) is 7.46. The van der Waals surface area contributed by atoms with Gasteiger partial charge in [0.05, 0.1) is 23.7 Å². The van der Waals surface area contributed by atoms with Crippen LogP contribution in [0, 0.1) is 6.92 Å². The van der Waals surface area contributed by atoms with Gasteiger partial charge in [-0.15, -0.1) is 0 Å². The Bertz CT molecular complexity index is 1610. The molecule has 200 valence electrons. The molecule has 3 aromatic carbocycles. The molecule has 1 aliphatic heterocycles. The number of carbonyl (C=O) groups is 1. The highest BCUT2D eigenvalue weighted by Gasteiger charge is 2.19. The Labute approximate surface area is 234 Å². The van der Waals surface area contributed by atoms with Crippen LogP contribution < -0.4 is 10.2 Å². The number of piperazine rings is 1. The molecule has 7 nitrogen and oxygen atoms in total. The van der Waals surface area contributed by atoms with Crippen LogP contribution in [-0.4, -0.2) is 51.9 Å². The van der Waals surface area contributed by atoms with Crippen LogP contribution in [0.3, 0.4) is 0 Å². The van der Waals surface area contributed by atoms with Crippen LogP contribution in [0.1, 0.15) is 16.7 Å². The van der Waals surface area contributed by atoms with Gasteiger partial charge in [0.25, 0.3) is 0 Å². The van der Waals surface area contributed by atoms with E-state index >= 15 is 0 Å². The molecule has 6 rings (SSSR count). The molecule has 3 heterocycles. The first-order valence-corrected chi connectivity index (χ1v) is 13.7. The molecule has 2 aromatic heterocycles. The van der Waals surface area contributed by atoms with Crippen molar-refractivity contribution in [1.82, 2.24) is 19.9 Å². The summed E-state index contributed by atoms with van der Waals surface area (Å²) in [6.45, 7) is 6.73. The lowest BCUT2D eigenvalue weighted by Crippen LogP contribution is -2.46. The van der Waals surface area contributed by atoms with Crippen LogP contribution in [0.15, 0.2) is 97.5 Å². The Morgan fingerprint density at radius 2 is 1.62 bits per heavy atom. The zero-order valence-electron chi connectivity index (χ0n) is 22.6. The summed E-state index contributed by atoms with van der Waals surface area (Å²) in [5.41, 5.74) is 8.08. The summed E-state index contributed by atoms with van der Waals surface area (Å²) in [5, 5.41) is 3.01. The highest BCUT2D eigenvalue weighted by atomic mass is 16.1. The zero-order chi connectivity index (χ0) is 27.3. The number of carbonyl (C=O) groups excluding carboxylic acids is 1. The lowest BCUT2D eigenvalue weighted by Gasteiger charge is -2.35. The van der Waals surface area contributed by atoms with Crippen LogP contribution in [0.5, 0.6) is 0 Å². The van der Waals surface area contributed by atoms with Crippen molar-refractivity contribution in [3.8, 4) is 11.1 Å². The molecule has 0 saturated carbocycles. The Morgan fingerprint density at radius 1 is 0.825 bits per heavy atom. The molecule has 40 heavy (non-hydrogen) atoms. The number of nitrogens with zero attached hydrogens (tertiary/aromatic N) is 5. The zero-order valence-corrected chi connectivity index (χ0v) is 22.6. The number of hydrogen-bond acceptors (Lipinski definition) is 6. The standard InChI is InChI=1S/C33H32N6O/c1-24-4-2-5-25(18-24)19-33(40)36-29-10-7-27(8-11-29)28-9-12-30-31(20-28)37-32(22-35-30)39-16-14-38(15-17-39)23-26-6-3-13-34-21-26/h2-13,18,20-22H,14-17,19,23H2,1H3,(H,36,40). The van der Waals surface area contributed by atoms with E-state index in [0.29, 0.717) is 6.42 Å². The predicted molar refractivity (Wildman–Crippen MR) is 160 cm³/mol. The molecule has 0 aliphatic carbocycles. The second-order valence-corrected chi connectivity index (χ2v) is 10.3. The number of benzene rings is 3. The number of nitrogens with one attached hydrogen (secondary N) is 1. The number of amides is 1. The quantitative estimate of drug-likeness (QED) is 0.301. The number of fused-ring (bicyclic) bond motifs is 1. The van der Waals surface area contributed by atoms with E-state index in [-0.39, 0.29) is 5.91 Å². The fraction of sp³-hybridized carbons (Fsp3) is 0.212. The average Bonchev–Trinajstić information content (AvgIpc) is 2.98. The summed E-state index contributed by atoms with van der Waals surface area (Å²) in [7, 11) is 0. The molecular weight excluding hydrogens is 496 g/mol. The van der Waals surface area contributed by atoms with Crippen molar-refractivity contribution >= 4 is 28.4 Å². The lowest BCUT2D eigenvalue weighted by molar-refractivity contribution is -0.115. The van der Waals surface area contributed by atoms with Crippen LogP contribution in [0.4, 0.5) is 11.5 Å². The van der Waals surface area contributed by atoms with E-state index in [4.69, 9.17) is 9.97 Å². The van der Waals surface area contributed by atoms with Crippen LogP contribution in [0.2, 0.25) is 0 Å². The average molecular weight is 529 g/mol. The van der Waals surface area contributed by atoms with Gasteiger partial charge >= 0.3 is 0 Å². The van der Waals surface area contributed by atoms with Gasteiger partial charge in [0, 0.05) is 50.8 Å². The summed E-state index contributed by atoms with van der Waals surface area (Å²) < 4.78 is 0. The van der Waals surface area contributed by atoms with E-state index in [1.807, 2.05) is 86.2 Å². The van der Waals surface area contributed by atoms with Gasteiger partial charge in [0.15, 0.2) is 0 Å². The van der Waals surface area contributed by atoms with Gasteiger partial charge in [-0.3, -0.25) is 19.7 Å². The number of pyridine rings is 1. The van der Waals surface area contributed by atoms with Gasteiger partial charge in [-0.1, -0.05) is 54.1 Å². The topological polar surface area (TPSA) is 74.2 Å². The molecule has 0 bridgehead atoms. The molecule has 0 atom stereocenters. The van der Waals surface area contributed by atoms with Gasteiger partial charge in [-0.05, 0) is 59.5 Å². The molecule has 1 aliphatic rings. The minimum Gasteiger partial charge on any atom is -0.353 e. The van der Waals surface area contributed by atoms with Crippen molar-refractivity contribution in [2.45, 2.75) is 19.9 Å². The SMILES string of the molecule is Cc1cccc(CC(=O)Nc2ccc(-c3ccc4ncc(N5CCN(Cc6cccnc6)CC5)nc4c3)cc2)c1. The fourth-order valence-electron chi connectivity index (χ4n) is 5.18. The maximum absolute atomic E-state index is 12.5. The molecular formula is C33H32N6O. The summed E-state index contributed by atoms with van der Waals surface area (Å²) in [4.78, 5) is 31.2. The van der Waals surface area contributed by atoms with Crippen LogP contribution >= 0.6 is 0 Å². The molecule has 7 heteroatoms. The van der Waals surface area contributed by atoms with E-state index in [0.717, 1.165) is 77.5 Å². The third kappa shape index (κ3) is 6.16. The highest BCUT2D eigenvalue weighted by Crippen LogP contribution is 2.26. The van der Waals surface area contributed by atoms with Crippen molar-refractivity contribution in [2.75, 3.05) is 36.4 Å². The molecule has 0 unspecified atom stereocenters. The van der Waals surface area contributed by atoms with Gasteiger partial charge in [-0.25, -0.2) is 4.98 Å². The molecule has 1 N–H and O–H groups in total. The number of hydrogen-bond donors (Lipinski definition) is 1. The Hall–Kier alpha value is -4.62. The molecule has 1 amide bonds. The number of rotatable bonds is 7. The second kappa shape index (κ2) is 11.6. The number of aryl methyl sites for hydroxylation is 1. The van der Waals surface area contributed by atoms with Crippen molar-refractivity contribution in [1.29, 1.82) is 0 Å². The summed E-state index contributed by atoms with van der Waals surface area (Å²) in [6.07, 6.45) is 5.99. The van der Waals surface area contributed by atoms with Crippen LogP contribution in [0.25, 0.3) is 22.2 Å². The molecule has 1 fully saturated rings. The maximum atomic E-state index is 12.5. The first kappa shape index (κ1) is 25.6. The monoisotopic (exact) mass is 528 g/mol. The smallest absolute Gasteiger partial charge is 0.228 e. The first-order chi connectivity index (χ1) is 19.6. The molecule has 5 aromatic rings. The third-order valence-electron chi connectivity index (χ3n) is 7.30. The van der Waals surface area contributed by atoms with Crippen LogP contribution in [-0.2, 0) is 17.8 Å². The van der Waals surface area contributed by atoms with Crippen molar-refractivity contribution in [3.05, 3.63) is 114 Å². The summed E-state index contributed by atoms with van der Waals surface area (Å²) in [6, 6.07) is 26.3.